The first-order chi connectivity index (χ1) is 22.9. The van der Waals surface area contributed by atoms with Gasteiger partial charge in [-0.25, -0.2) is 31.6 Å². The minimum Gasteiger partial charge on any atom is -0.349 e. The first kappa shape index (κ1) is 35.6. The number of nitrogens with zero attached hydrogens (tertiary/aromatic N) is 4. The number of nitriles is 1. The Bertz CT molecular complexity index is 1930. The minimum atomic E-state index is -6.19. The Morgan fingerprint density at radius 1 is 0.857 bits per heavy atom. The number of ether oxygens (including phenoxy) is 1. The molecule has 258 valence electrons. The second-order valence-corrected chi connectivity index (χ2v) is 13.3. The second-order valence-electron chi connectivity index (χ2n) is 11.3. The third kappa shape index (κ3) is 6.79. The molecule has 1 unspecified atom stereocenters. The van der Waals surface area contributed by atoms with Crippen LogP contribution in [0.4, 0.5) is 45.5 Å². The number of halogens is 9. The van der Waals surface area contributed by atoms with Crippen LogP contribution in [-0.4, -0.2) is 49.6 Å². The van der Waals surface area contributed by atoms with Crippen molar-refractivity contribution in [1.82, 2.24) is 9.97 Å². The Labute approximate surface area is 273 Å². The molecule has 1 aliphatic heterocycles. The molecule has 7 nitrogen and oxygen atoms in total. The Morgan fingerprint density at radius 3 is 1.96 bits per heavy atom. The molecular formula is C32H23F9N4O3S. The second kappa shape index (κ2) is 13.0. The lowest BCUT2D eigenvalue weighted by Gasteiger charge is -2.38. The van der Waals surface area contributed by atoms with Crippen molar-refractivity contribution in [3.8, 4) is 6.07 Å². The van der Waals surface area contributed by atoms with Gasteiger partial charge in [-0.15, -0.1) is 0 Å². The maximum Gasteiger partial charge on any atom is 0.430 e. The maximum absolute atomic E-state index is 14.5. The van der Waals surface area contributed by atoms with E-state index in [1.54, 1.807) is 0 Å². The van der Waals surface area contributed by atoms with Crippen LogP contribution in [0.3, 0.4) is 0 Å². The van der Waals surface area contributed by atoms with E-state index in [9.17, 15) is 47.9 Å². The molecular weight excluding hydrogens is 691 g/mol. The zero-order valence-electron chi connectivity index (χ0n) is 24.9. The molecule has 1 atom stereocenters. The summed E-state index contributed by atoms with van der Waals surface area (Å²) in [5, 5.41) is 9.06. The molecule has 0 spiro atoms. The van der Waals surface area contributed by atoms with Crippen LogP contribution in [0.2, 0.25) is 0 Å². The average molecular weight is 715 g/mol. The Balaban J connectivity index is 1.58. The largest absolute Gasteiger partial charge is 0.430 e. The van der Waals surface area contributed by atoms with Crippen LogP contribution in [0.5, 0.6) is 0 Å². The van der Waals surface area contributed by atoms with Gasteiger partial charge in [0.2, 0.25) is 5.95 Å². The first-order valence-corrected chi connectivity index (χ1v) is 15.8. The van der Waals surface area contributed by atoms with Crippen LogP contribution < -0.4 is 4.90 Å². The Kier molecular flexibility index (Phi) is 9.43. The average Bonchev–Trinajstić information content (AvgIpc) is 3.46. The Hall–Kier alpha value is -4.69. The third-order valence-electron chi connectivity index (χ3n) is 8.24. The van der Waals surface area contributed by atoms with Crippen LogP contribution >= 0.6 is 0 Å². The molecule has 2 heterocycles. The predicted molar refractivity (Wildman–Crippen MR) is 155 cm³/mol. The highest BCUT2D eigenvalue weighted by Crippen LogP contribution is 2.54. The van der Waals surface area contributed by atoms with Crippen LogP contribution in [0.25, 0.3) is 0 Å². The van der Waals surface area contributed by atoms with E-state index in [1.165, 1.54) is 17.3 Å². The van der Waals surface area contributed by atoms with E-state index in [0.29, 0.717) is 24.3 Å². The summed E-state index contributed by atoms with van der Waals surface area (Å²) in [6.45, 7) is -1.82. The lowest BCUT2D eigenvalue weighted by atomic mass is 9.80. The van der Waals surface area contributed by atoms with E-state index in [0.717, 1.165) is 42.5 Å². The summed E-state index contributed by atoms with van der Waals surface area (Å²) < 4.78 is 160. The smallest absolute Gasteiger partial charge is 0.349 e. The van der Waals surface area contributed by atoms with Crippen molar-refractivity contribution < 1.29 is 52.7 Å². The number of aromatic nitrogens is 2. The summed E-state index contributed by atoms with van der Waals surface area (Å²) in [5.41, 5.74) is -9.00. The number of benzene rings is 3. The van der Waals surface area contributed by atoms with E-state index in [1.807, 2.05) is 6.07 Å². The van der Waals surface area contributed by atoms with Gasteiger partial charge in [-0.2, -0.15) is 31.6 Å². The van der Waals surface area contributed by atoms with E-state index in [4.69, 9.17) is 5.26 Å². The highest BCUT2D eigenvalue weighted by molar-refractivity contribution is 7.91. The van der Waals surface area contributed by atoms with Crippen LogP contribution in [-0.2, 0) is 32.2 Å². The standard InChI is InChI=1S/C32H23F9N4O3S/c33-23-8-10-24(11-9-23)49(46,47)19-29(12-13-45(18-29)28-43-15-20(14-42)16-44-28)21-4-6-22(7-5-21)30(31(36,37)38,32(39,40)41)48-17-25-26(34)2-1-3-27(25)35/h1-11,15-16H,12-13,17-19H2. The van der Waals surface area contributed by atoms with Gasteiger partial charge < -0.3 is 9.64 Å². The zero-order chi connectivity index (χ0) is 35.8. The van der Waals surface area contributed by atoms with Crippen molar-refractivity contribution in [3.05, 3.63) is 119 Å². The van der Waals surface area contributed by atoms with Crippen LogP contribution in [0.15, 0.2) is 84.0 Å². The normalized spacial score (nSPS) is 17.3. The fourth-order valence-electron chi connectivity index (χ4n) is 5.76. The van der Waals surface area contributed by atoms with E-state index >= 15 is 0 Å². The number of hydrogen-bond acceptors (Lipinski definition) is 7. The van der Waals surface area contributed by atoms with Crippen molar-refractivity contribution in [2.45, 2.75) is 41.3 Å². The lowest BCUT2D eigenvalue weighted by Crippen LogP contribution is -2.56. The van der Waals surface area contributed by atoms with Gasteiger partial charge in [-0.1, -0.05) is 30.3 Å². The fourth-order valence-corrected chi connectivity index (χ4v) is 7.60. The molecule has 3 aromatic carbocycles. The zero-order valence-corrected chi connectivity index (χ0v) is 25.7. The summed E-state index contributed by atoms with van der Waals surface area (Å²) in [7, 11) is -4.25. The van der Waals surface area contributed by atoms with Crippen molar-refractivity contribution in [2.75, 3.05) is 23.7 Å². The number of rotatable bonds is 9. The number of hydrogen-bond donors (Lipinski definition) is 0. The number of alkyl halides is 6. The topological polar surface area (TPSA) is 96.2 Å². The highest BCUT2D eigenvalue weighted by atomic mass is 32.2. The third-order valence-corrected chi connectivity index (χ3v) is 10.2. The van der Waals surface area contributed by atoms with E-state index in [2.05, 4.69) is 14.7 Å². The van der Waals surface area contributed by atoms with Gasteiger partial charge in [0.15, 0.2) is 9.84 Å². The van der Waals surface area contributed by atoms with Crippen molar-refractivity contribution in [2.24, 2.45) is 0 Å². The van der Waals surface area contributed by atoms with Crippen molar-refractivity contribution >= 4 is 15.8 Å². The highest BCUT2D eigenvalue weighted by Gasteiger charge is 2.73. The summed E-state index contributed by atoms with van der Waals surface area (Å²) in [6, 6.07) is 10.6. The van der Waals surface area contributed by atoms with Gasteiger partial charge in [-0.05, 0) is 48.4 Å². The van der Waals surface area contributed by atoms with Gasteiger partial charge in [0.25, 0.3) is 5.60 Å². The quantitative estimate of drug-likeness (QED) is 0.137. The van der Waals surface area contributed by atoms with Gasteiger partial charge in [-0.3, -0.25) is 0 Å². The molecule has 1 saturated heterocycles. The molecule has 0 radical (unpaired) electrons. The molecule has 0 N–H and O–H groups in total. The molecule has 49 heavy (non-hydrogen) atoms. The minimum absolute atomic E-state index is 0.00286. The Morgan fingerprint density at radius 2 is 1.43 bits per heavy atom. The van der Waals surface area contributed by atoms with E-state index in [-0.39, 0.29) is 41.5 Å². The summed E-state index contributed by atoms with van der Waals surface area (Å²) in [4.78, 5) is 9.45. The van der Waals surface area contributed by atoms with Gasteiger partial charge in [0.1, 0.15) is 23.5 Å². The number of anilines is 1. The lowest BCUT2D eigenvalue weighted by molar-refractivity contribution is -0.392. The van der Waals surface area contributed by atoms with Crippen molar-refractivity contribution in [3.63, 3.8) is 0 Å². The van der Waals surface area contributed by atoms with Crippen LogP contribution in [0, 0.1) is 28.8 Å². The fraction of sp³-hybridized carbons (Fsp3) is 0.281. The summed E-state index contributed by atoms with van der Waals surface area (Å²) in [6.07, 6.45) is -9.94. The first-order valence-electron chi connectivity index (χ1n) is 14.2. The van der Waals surface area contributed by atoms with Gasteiger partial charge in [0, 0.05) is 29.6 Å². The van der Waals surface area contributed by atoms with Gasteiger partial charge in [0.05, 0.1) is 35.2 Å². The predicted octanol–water partition coefficient (Wildman–Crippen LogP) is 6.92. The molecule has 4 aromatic rings. The number of sulfone groups is 1. The molecule has 1 aliphatic rings. The molecule has 0 amide bonds. The maximum atomic E-state index is 14.5. The van der Waals surface area contributed by atoms with Gasteiger partial charge >= 0.3 is 12.4 Å². The molecule has 1 aromatic heterocycles. The molecule has 0 saturated carbocycles. The SMILES string of the molecule is N#Cc1cnc(N2CCC(CS(=O)(=O)c3ccc(F)cc3)(c3ccc(C(OCc4c(F)cccc4F)(C(F)(F)F)C(F)(F)F)cc3)C2)nc1. The monoisotopic (exact) mass is 714 g/mol. The summed E-state index contributed by atoms with van der Waals surface area (Å²) in [5.74, 6) is -4.18. The molecule has 0 aliphatic carbocycles. The molecule has 5 rings (SSSR count). The van der Waals surface area contributed by atoms with Crippen LogP contribution in [0.1, 0.15) is 28.7 Å². The summed E-state index contributed by atoms with van der Waals surface area (Å²) >= 11 is 0. The molecule has 1 fully saturated rings. The van der Waals surface area contributed by atoms with Crippen molar-refractivity contribution in [1.29, 1.82) is 5.26 Å². The molecule has 0 bridgehead atoms. The van der Waals surface area contributed by atoms with E-state index < -0.39 is 74.1 Å². The molecule has 17 heteroatoms.